The van der Waals surface area contributed by atoms with Crippen LogP contribution in [-0.4, -0.2) is 24.0 Å². The van der Waals surface area contributed by atoms with Crippen molar-refractivity contribution in [1.82, 2.24) is 4.98 Å². The van der Waals surface area contributed by atoms with Crippen LogP contribution >= 0.6 is 0 Å². The maximum atomic E-state index is 5.90. The van der Waals surface area contributed by atoms with Gasteiger partial charge in [-0.25, -0.2) is 4.98 Å². The van der Waals surface area contributed by atoms with Gasteiger partial charge in [-0.2, -0.15) is 0 Å². The first-order chi connectivity index (χ1) is 13.5. The van der Waals surface area contributed by atoms with E-state index in [1.54, 1.807) is 0 Å². The molecule has 1 saturated heterocycles. The molecule has 2 aromatic carbocycles. The largest absolute Gasteiger partial charge is 0.441 e. The Morgan fingerprint density at radius 1 is 0.964 bits per heavy atom. The van der Waals surface area contributed by atoms with E-state index in [0.29, 0.717) is 11.8 Å². The summed E-state index contributed by atoms with van der Waals surface area (Å²) in [4.78, 5) is 4.73. The number of benzene rings is 2. The number of ether oxygens (including phenoxy) is 2. The van der Waals surface area contributed by atoms with Gasteiger partial charge in [0.2, 0.25) is 5.89 Å². The van der Waals surface area contributed by atoms with E-state index in [1.165, 1.54) is 11.1 Å². The van der Waals surface area contributed by atoms with E-state index in [0.717, 1.165) is 43.1 Å². The number of nitrogens with zero attached hydrogens (tertiary/aromatic N) is 1. The van der Waals surface area contributed by atoms with E-state index < -0.39 is 5.79 Å². The average Bonchev–Trinajstić information content (AvgIpc) is 3.05. The third-order valence-corrected chi connectivity index (χ3v) is 5.13. The van der Waals surface area contributed by atoms with E-state index in [9.17, 15) is 0 Å². The molecule has 0 spiro atoms. The zero-order chi connectivity index (χ0) is 19.6. The summed E-state index contributed by atoms with van der Waals surface area (Å²) in [6.45, 7) is 7.39. The van der Waals surface area contributed by atoms with Crippen molar-refractivity contribution in [3.8, 4) is 11.5 Å². The molecule has 4 rings (SSSR count). The van der Waals surface area contributed by atoms with E-state index in [2.05, 4.69) is 24.3 Å². The molecule has 4 nitrogen and oxygen atoms in total. The van der Waals surface area contributed by atoms with Crippen LogP contribution in [-0.2, 0) is 22.3 Å². The van der Waals surface area contributed by atoms with Gasteiger partial charge in [0.25, 0.3) is 0 Å². The van der Waals surface area contributed by atoms with Gasteiger partial charge in [0.15, 0.2) is 5.79 Å². The zero-order valence-electron chi connectivity index (χ0n) is 16.8. The minimum absolute atomic E-state index is 0.391. The Morgan fingerprint density at radius 3 is 2.43 bits per heavy atom. The van der Waals surface area contributed by atoms with Gasteiger partial charge in [0, 0.05) is 17.9 Å². The monoisotopic (exact) mass is 377 g/mol. The first-order valence-electron chi connectivity index (χ1n) is 9.86. The SMILES string of the molecule is Cc1oc(-c2ccccc2)nc1Cc1cccc(CC2COC(C)(C)OC2)c1. The van der Waals surface area contributed by atoms with E-state index >= 15 is 0 Å². The lowest BCUT2D eigenvalue weighted by Crippen LogP contribution is -2.39. The van der Waals surface area contributed by atoms with Crippen molar-refractivity contribution in [2.75, 3.05) is 13.2 Å². The van der Waals surface area contributed by atoms with E-state index in [-0.39, 0.29) is 0 Å². The standard InChI is InChI=1S/C24H27NO3/c1-17-22(25-23(28-17)21-10-5-4-6-11-21)14-19-9-7-8-18(12-19)13-20-15-26-24(2,3)27-16-20/h4-12,20H,13-16H2,1-3H3. The van der Waals surface area contributed by atoms with Crippen LogP contribution in [0.4, 0.5) is 0 Å². The van der Waals surface area contributed by atoms with Crippen LogP contribution in [0.15, 0.2) is 59.0 Å². The van der Waals surface area contributed by atoms with Crippen LogP contribution in [0, 0.1) is 12.8 Å². The molecule has 1 aliphatic rings. The van der Waals surface area contributed by atoms with Crippen molar-refractivity contribution in [3.63, 3.8) is 0 Å². The summed E-state index contributed by atoms with van der Waals surface area (Å²) in [5.74, 6) is 1.49. The van der Waals surface area contributed by atoms with Crippen LogP contribution in [0.3, 0.4) is 0 Å². The molecule has 146 valence electrons. The van der Waals surface area contributed by atoms with E-state index in [4.69, 9.17) is 18.9 Å². The molecule has 0 saturated carbocycles. The predicted molar refractivity (Wildman–Crippen MR) is 109 cm³/mol. The summed E-state index contributed by atoms with van der Waals surface area (Å²) in [7, 11) is 0. The molecule has 0 atom stereocenters. The second kappa shape index (κ2) is 7.90. The lowest BCUT2D eigenvalue weighted by atomic mass is 9.97. The first kappa shape index (κ1) is 18.9. The van der Waals surface area contributed by atoms with Gasteiger partial charge in [-0.3, -0.25) is 0 Å². The molecule has 0 unspecified atom stereocenters. The minimum Gasteiger partial charge on any atom is -0.441 e. The summed E-state index contributed by atoms with van der Waals surface area (Å²) < 4.78 is 17.5. The maximum absolute atomic E-state index is 5.90. The van der Waals surface area contributed by atoms with Crippen molar-refractivity contribution < 1.29 is 13.9 Å². The van der Waals surface area contributed by atoms with Crippen LogP contribution in [0.5, 0.6) is 0 Å². The van der Waals surface area contributed by atoms with Crippen molar-refractivity contribution in [1.29, 1.82) is 0 Å². The molecule has 3 aromatic rings. The molecule has 28 heavy (non-hydrogen) atoms. The smallest absolute Gasteiger partial charge is 0.226 e. The van der Waals surface area contributed by atoms with Crippen molar-refractivity contribution >= 4 is 0 Å². The Labute approximate surface area is 166 Å². The highest BCUT2D eigenvalue weighted by Gasteiger charge is 2.28. The molecule has 0 N–H and O–H groups in total. The maximum Gasteiger partial charge on any atom is 0.226 e. The summed E-state index contributed by atoms with van der Waals surface area (Å²) in [6.07, 6.45) is 1.72. The van der Waals surface area contributed by atoms with Crippen molar-refractivity contribution in [2.24, 2.45) is 5.92 Å². The Bertz CT molecular complexity index is 920. The Kier molecular flexibility index (Phi) is 5.33. The lowest BCUT2D eigenvalue weighted by Gasteiger charge is -2.35. The summed E-state index contributed by atoms with van der Waals surface area (Å²) in [5.41, 5.74) is 4.54. The number of hydrogen-bond acceptors (Lipinski definition) is 4. The fourth-order valence-electron chi connectivity index (χ4n) is 3.53. The molecular formula is C24H27NO3. The van der Waals surface area contributed by atoms with Crippen LogP contribution in [0.2, 0.25) is 0 Å². The van der Waals surface area contributed by atoms with E-state index in [1.807, 2.05) is 51.1 Å². The third kappa shape index (κ3) is 4.51. The summed E-state index contributed by atoms with van der Waals surface area (Å²) in [6, 6.07) is 18.7. The molecule has 1 fully saturated rings. The van der Waals surface area contributed by atoms with Gasteiger partial charge >= 0.3 is 0 Å². The van der Waals surface area contributed by atoms with Gasteiger partial charge in [-0.15, -0.1) is 0 Å². The van der Waals surface area contributed by atoms with Crippen LogP contribution in [0.25, 0.3) is 11.5 Å². The van der Waals surface area contributed by atoms with Gasteiger partial charge in [0.1, 0.15) is 5.76 Å². The molecule has 4 heteroatoms. The minimum atomic E-state index is -0.459. The second-order valence-corrected chi connectivity index (χ2v) is 7.98. The highest BCUT2D eigenvalue weighted by Crippen LogP contribution is 2.25. The number of hydrogen-bond donors (Lipinski definition) is 0. The molecule has 0 amide bonds. The zero-order valence-corrected chi connectivity index (χ0v) is 16.8. The molecular weight excluding hydrogens is 350 g/mol. The lowest BCUT2D eigenvalue weighted by molar-refractivity contribution is -0.261. The highest BCUT2D eigenvalue weighted by molar-refractivity contribution is 5.53. The number of aromatic nitrogens is 1. The van der Waals surface area contributed by atoms with Gasteiger partial charge in [0.05, 0.1) is 18.9 Å². The van der Waals surface area contributed by atoms with Crippen molar-refractivity contribution in [2.45, 2.75) is 39.4 Å². The average molecular weight is 377 g/mol. The number of oxazole rings is 1. The van der Waals surface area contributed by atoms with Gasteiger partial charge in [-0.05, 0) is 50.5 Å². The highest BCUT2D eigenvalue weighted by atomic mass is 16.7. The number of aryl methyl sites for hydroxylation is 1. The van der Waals surface area contributed by atoms with Gasteiger partial charge < -0.3 is 13.9 Å². The summed E-state index contributed by atoms with van der Waals surface area (Å²) >= 11 is 0. The predicted octanol–water partition coefficient (Wildman–Crippen LogP) is 5.18. The summed E-state index contributed by atoms with van der Waals surface area (Å²) in [5, 5.41) is 0. The second-order valence-electron chi connectivity index (χ2n) is 7.98. The fourth-order valence-corrected chi connectivity index (χ4v) is 3.53. The van der Waals surface area contributed by atoms with Crippen LogP contribution < -0.4 is 0 Å². The molecule has 0 bridgehead atoms. The fraction of sp³-hybridized carbons (Fsp3) is 0.375. The topological polar surface area (TPSA) is 44.5 Å². The Hall–Kier alpha value is -2.43. The van der Waals surface area contributed by atoms with Crippen LogP contribution in [0.1, 0.15) is 36.4 Å². The Morgan fingerprint density at radius 2 is 1.68 bits per heavy atom. The molecule has 0 aliphatic carbocycles. The first-order valence-corrected chi connectivity index (χ1v) is 9.86. The molecule has 0 radical (unpaired) electrons. The quantitative estimate of drug-likeness (QED) is 0.614. The number of rotatable bonds is 5. The third-order valence-electron chi connectivity index (χ3n) is 5.13. The normalized spacial score (nSPS) is 17.0. The van der Waals surface area contributed by atoms with Crippen molar-refractivity contribution in [3.05, 3.63) is 77.2 Å². The molecule has 1 aliphatic heterocycles. The molecule has 1 aromatic heterocycles. The Balaban J connectivity index is 1.45. The molecule has 2 heterocycles. The van der Waals surface area contributed by atoms with Gasteiger partial charge in [-0.1, -0.05) is 42.5 Å².